The second kappa shape index (κ2) is 9.78. The lowest BCUT2D eigenvalue weighted by molar-refractivity contribution is -0.136. The molecular formula is C19H26Cl2N4O3. The number of hydrogen-bond acceptors (Lipinski definition) is 4. The number of urea groups is 1. The van der Waals surface area contributed by atoms with Gasteiger partial charge in [-0.2, -0.15) is 0 Å². The first-order valence-electron chi connectivity index (χ1n) is 9.52. The number of halogens is 2. The Morgan fingerprint density at radius 2 is 1.75 bits per heavy atom. The molecule has 154 valence electrons. The van der Waals surface area contributed by atoms with Gasteiger partial charge in [0.25, 0.3) is 0 Å². The fourth-order valence-corrected chi connectivity index (χ4v) is 3.99. The molecule has 0 aliphatic carbocycles. The third-order valence-corrected chi connectivity index (χ3v) is 5.71. The highest BCUT2D eigenvalue weighted by Gasteiger charge is 2.26. The van der Waals surface area contributed by atoms with E-state index in [0.717, 1.165) is 5.56 Å². The van der Waals surface area contributed by atoms with E-state index in [9.17, 15) is 9.59 Å². The third-order valence-electron chi connectivity index (χ3n) is 5.15. The summed E-state index contributed by atoms with van der Waals surface area (Å²) in [5.74, 6) is 0.132. The highest BCUT2D eigenvalue weighted by molar-refractivity contribution is 6.35. The summed E-state index contributed by atoms with van der Waals surface area (Å²) < 4.78 is 5.28. The highest BCUT2D eigenvalue weighted by Crippen LogP contribution is 2.26. The number of carbonyl (C=O) groups is 2. The third kappa shape index (κ3) is 5.50. The largest absolute Gasteiger partial charge is 0.378 e. The Morgan fingerprint density at radius 3 is 2.39 bits per heavy atom. The minimum absolute atomic E-state index is 0.127. The monoisotopic (exact) mass is 428 g/mol. The molecule has 3 rings (SSSR count). The van der Waals surface area contributed by atoms with Crippen LogP contribution in [0.15, 0.2) is 18.2 Å². The number of carbonyl (C=O) groups excluding carboxylic acids is 2. The Morgan fingerprint density at radius 1 is 1.07 bits per heavy atom. The van der Waals surface area contributed by atoms with E-state index in [-0.39, 0.29) is 18.0 Å². The van der Waals surface area contributed by atoms with Crippen molar-refractivity contribution in [3.63, 3.8) is 0 Å². The van der Waals surface area contributed by atoms with Gasteiger partial charge in [0.05, 0.1) is 25.8 Å². The lowest BCUT2D eigenvalue weighted by Gasteiger charge is -2.36. The molecule has 7 nitrogen and oxygen atoms in total. The molecule has 2 aliphatic heterocycles. The maximum Gasteiger partial charge on any atom is 0.317 e. The molecule has 1 unspecified atom stereocenters. The molecule has 0 aromatic heterocycles. The first kappa shape index (κ1) is 21.2. The molecule has 2 aliphatic rings. The van der Waals surface area contributed by atoms with E-state index in [1.54, 1.807) is 17.0 Å². The fourth-order valence-electron chi connectivity index (χ4n) is 3.42. The van der Waals surface area contributed by atoms with Crippen LogP contribution in [0.25, 0.3) is 0 Å². The number of benzene rings is 1. The maximum atomic E-state index is 12.6. The second-order valence-corrected chi connectivity index (χ2v) is 7.94. The zero-order chi connectivity index (χ0) is 20.1. The van der Waals surface area contributed by atoms with Crippen LogP contribution >= 0.6 is 23.2 Å². The van der Waals surface area contributed by atoms with Crippen LogP contribution in [0.2, 0.25) is 10.0 Å². The van der Waals surface area contributed by atoms with Crippen molar-refractivity contribution in [3.8, 4) is 0 Å². The fraction of sp³-hybridized carbons (Fsp3) is 0.579. The standard InChI is InChI=1S/C19H26Cl2N4O3/c1-14(16-3-2-15(20)12-17(16)21)22-19(27)25-6-4-23(5-7-25)13-18(26)24-8-10-28-11-9-24/h2-3,12,14H,4-11,13H2,1H3,(H,22,27). The van der Waals surface area contributed by atoms with Gasteiger partial charge in [-0.3, -0.25) is 9.69 Å². The number of ether oxygens (including phenoxy) is 1. The number of hydrogen-bond donors (Lipinski definition) is 1. The van der Waals surface area contributed by atoms with Crippen LogP contribution in [0.4, 0.5) is 4.79 Å². The van der Waals surface area contributed by atoms with Crippen molar-refractivity contribution in [2.75, 3.05) is 59.0 Å². The van der Waals surface area contributed by atoms with Crippen LogP contribution in [0.5, 0.6) is 0 Å². The summed E-state index contributed by atoms with van der Waals surface area (Å²) in [5.41, 5.74) is 0.828. The second-order valence-electron chi connectivity index (χ2n) is 7.09. The summed E-state index contributed by atoms with van der Waals surface area (Å²) in [4.78, 5) is 30.6. The van der Waals surface area contributed by atoms with Gasteiger partial charge in [-0.25, -0.2) is 4.79 Å². The van der Waals surface area contributed by atoms with Crippen molar-refractivity contribution in [2.45, 2.75) is 13.0 Å². The Labute approximate surface area is 175 Å². The van der Waals surface area contributed by atoms with E-state index in [4.69, 9.17) is 27.9 Å². The van der Waals surface area contributed by atoms with Gasteiger partial charge in [0, 0.05) is 49.3 Å². The summed E-state index contributed by atoms with van der Waals surface area (Å²) in [6, 6.07) is 4.90. The van der Waals surface area contributed by atoms with Crippen LogP contribution in [0.3, 0.4) is 0 Å². The molecule has 28 heavy (non-hydrogen) atoms. The molecule has 1 atom stereocenters. The molecule has 0 spiro atoms. The van der Waals surface area contributed by atoms with E-state index in [1.165, 1.54) is 0 Å². The number of morpholine rings is 1. The molecule has 1 aromatic rings. The van der Waals surface area contributed by atoms with Gasteiger partial charge in [-0.05, 0) is 24.6 Å². The number of nitrogens with zero attached hydrogens (tertiary/aromatic N) is 3. The SMILES string of the molecule is CC(NC(=O)N1CCN(CC(=O)N2CCOCC2)CC1)c1ccc(Cl)cc1Cl. The molecule has 2 heterocycles. The lowest BCUT2D eigenvalue weighted by Crippen LogP contribution is -2.54. The molecule has 2 fully saturated rings. The molecule has 0 saturated carbocycles. The lowest BCUT2D eigenvalue weighted by atomic mass is 10.1. The van der Waals surface area contributed by atoms with Crippen molar-refractivity contribution in [1.29, 1.82) is 0 Å². The van der Waals surface area contributed by atoms with Crippen molar-refractivity contribution < 1.29 is 14.3 Å². The van der Waals surface area contributed by atoms with Gasteiger partial charge in [0.1, 0.15) is 0 Å². The molecule has 3 amide bonds. The van der Waals surface area contributed by atoms with E-state index in [0.29, 0.717) is 69.1 Å². The highest BCUT2D eigenvalue weighted by atomic mass is 35.5. The van der Waals surface area contributed by atoms with Gasteiger partial charge in [-0.15, -0.1) is 0 Å². The maximum absolute atomic E-state index is 12.6. The Kier molecular flexibility index (Phi) is 7.40. The summed E-state index contributed by atoms with van der Waals surface area (Å²) in [6.07, 6.45) is 0. The molecule has 9 heteroatoms. The van der Waals surface area contributed by atoms with Crippen LogP contribution in [0.1, 0.15) is 18.5 Å². The van der Waals surface area contributed by atoms with Gasteiger partial charge in [0.15, 0.2) is 0 Å². The van der Waals surface area contributed by atoms with Gasteiger partial charge >= 0.3 is 6.03 Å². The summed E-state index contributed by atoms with van der Waals surface area (Å²) in [6.45, 7) is 7.35. The molecule has 0 bridgehead atoms. The van der Waals surface area contributed by atoms with Crippen molar-refractivity contribution >= 4 is 35.1 Å². The smallest absolute Gasteiger partial charge is 0.317 e. The Hall–Kier alpha value is -1.54. The van der Waals surface area contributed by atoms with Crippen LogP contribution in [0, 0.1) is 0 Å². The van der Waals surface area contributed by atoms with Crippen LogP contribution in [-0.4, -0.2) is 85.7 Å². The van der Waals surface area contributed by atoms with E-state index >= 15 is 0 Å². The minimum Gasteiger partial charge on any atom is -0.378 e. The summed E-state index contributed by atoms with van der Waals surface area (Å²) in [5, 5.41) is 4.08. The predicted octanol–water partition coefficient (Wildman–Crippen LogP) is 2.24. The number of nitrogens with one attached hydrogen (secondary N) is 1. The van der Waals surface area contributed by atoms with E-state index in [2.05, 4.69) is 10.2 Å². The quantitative estimate of drug-likeness (QED) is 0.798. The molecule has 2 saturated heterocycles. The average molecular weight is 429 g/mol. The van der Waals surface area contributed by atoms with Gasteiger partial charge < -0.3 is 19.9 Å². The Bertz CT molecular complexity index is 704. The van der Waals surface area contributed by atoms with Crippen LogP contribution in [-0.2, 0) is 9.53 Å². The van der Waals surface area contributed by atoms with Gasteiger partial charge in [-0.1, -0.05) is 29.3 Å². The molecule has 1 aromatic carbocycles. The summed E-state index contributed by atoms with van der Waals surface area (Å²) in [7, 11) is 0. The van der Waals surface area contributed by atoms with Crippen molar-refractivity contribution in [2.24, 2.45) is 0 Å². The van der Waals surface area contributed by atoms with Crippen molar-refractivity contribution in [1.82, 2.24) is 20.0 Å². The zero-order valence-corrected chi connectivity index (χ0v) is 17.5. The first-order chi connectivity index (χ1) is 13.4. The average Bonchev–Trinajstić information content (AvgIpc) is 2.69. The van der Waals surface area contributed by atoms with E-state index in [1.807, 2.05) is 17.9 Å². The van der Waals surface area contributed by atoms with Gasteiger partial charge in [0.2, 0.25) is 5.91 Å². The number of piperazine rings is 1. The minimum atomic E-state index is -0.224. The number of rotatable bonds is 4. The predicted molar refractivity (Wildman–Crippen MR) is 109 cm³/mol. The van der Waals surface area contributed by atoms with Crippen molar-refractivity contribution in [3.05, 3.63) is 33.8 Å². The topological polar surface area (TPSA) is 65.1 Å². The molecule has 0 radical (unpaired) electrons. The molecular weight excluding hydrogens is 403 g/mol. The zero-order valence-electron chi connectivity index (χ0n) is 16.0. The van der Waals surface area contributed by atoms with E-state index < -0.39 is 0 Å². The summed E-state index contributed by atoms with van der Waals surface area (Å²) >= 11 is 12.2. The normalized spacial score (nSPS) is 19.4. The van der Waals surface area contributed by atoms with Crippen LogP contribution < -0.4 is 5.32 Å². The first-order valence-corrected chi connectivity index (χ1v) is 10.3. The molecule has 1 N–H and O–H groups in total. The number of amides is 3. The Balaban J connectivity index is 1.45.